The predicted octanol–water partition coefficient (Wildman–Crippen LogP) is 1.81. The molecule has 7 heteroatoms. The van der Waals surface area contributed by atoms with E-state index in [2.05, 4.69) is 15.5 Å². The summed E-state index contributed by atoms with van der Waals surface area (Å²) in [6.45, 7) is 4.37. The van der Waals surface area contributed by atoms with E-state index in [1.54, 1.807) is 12.1 Å². The number of oxazole rings is 1. The molecule has 0 spiro atoms. The van der Waals surface area contributed by atoms with E-state index in [1.165, 1.54) is 6.07 Å². The molecule has 0 unspecified atom stereocenters. The Labute approximate surface area is 121 Å². The number of rotatable bonds is 5. The van der Waals surface area contributed by atoms with E-state index >= 15 is 0 Å². The van der Waals surface area contributed by atoms with Crippen LogP contribution in [0.1, 0.15) is 28.5 Å². The van der Waals surface area contributed by atoms with Crippen molar-refractivity contribution in [1.82, 2.24) is 10.3 Å². The van der Waals surface area contributed by atoms with Crippen LogP contribution < -0.4 is 11.1 Å². The summed E-state index contributed by atoms with van der Waals surface area (Å²) in [5.41, 5.74) is 6.74. The smallest absolute Gasteiger partial charge is 0.208 e. The molecule has 0 fully saturated rings. The van der Waals surface area contributed by atoms with Crippen LogP contribution >= 0.6 is 0 Å². The molecule has 0 saturated carbocycles. The lowest BCUT2D eigenvalue weighted by molar-refractivity contribution is 0.318. The normalized spacial score (nSPS) is 11.9. The SMILES string of the molecule is Cc1nc(CNCc2cccc(/C(N)=N/O)c2F)oc1C. The molecule has 0 radical (unpaired) electrons. The third-order valence-corrected chi connectivity index (χ3v) is 3.13. The number of oxime groups is 1. The number of benzene rings is 1. The molecule has 0 atom stereocenters. The standard InChI is InChI=1S/C14H17FN4O2/c1-8-9(2)21-12(18-8)7-17-6-10-4-3-5-11(13(10)15)14(16)19-20/h3-5,17,20H,6-7H2,1-2H3,(H2,16,19). The summed E-state index contributed by atoms with van der Waals surface area (Å²) in [7, 11) is 0. The number of aryl methyl sites for hydroxylation is 2. The highest BCUT2D eigenvalue weighted by atomic mass is 19.1. The monoisotopic (exact) mass is 292 g/mol. The maximum Gasteiger partial charge on any atom is 0.208 e. The average Bonchev–Trinajstić information content (AvgIpc) is 2.78. The number of nitrogens with two attached hydrogens (primary N) is 1. The van der Waals surface area contributed by atoms with Gasteiger partial charge in [0.15, 0.2) is 5.84 Å². The van der Waals surface area contributed by atoms with Gasteiger partial charge in [0.25, 0.3) is 0 Å². The van der Waals surface area contributed by atoms with Crippen LogP contribution in [0.5, 0.6) is 0 Å². The molecule has 1 heterocycles. The van der Waals surface area contributed by atoms with Gasteiger partial charge in [-0.05, 0) is 19.9 Å². The number of aromatic nitrogens is 1. The number of hydrogen-bond acceptors (Lipinski definition) is 5. The van der Waals surface area contributed by atoms with Crippen LogP contribution in [0.25, 0.3) is 0 Å². The summed E-state index contributed by atoms with van der Waals surface area (Å²) in [4.78, 5) is 4.23. The van der Waals surface area contributed by atoms with E-state index in [1.807, 2.05) is 13.8 Å². The van der Waals surface area contributed by atoms with Crippen molar-refractivity contribution in [3.63, 3.8) is 0 Å². The van der Waals surface area contributed by atoms with Crippen LogP contribution in [0.3, 0.4) is 0 Å². The molecule has 0 aliphatic carbocycles. The van der Waals surface area contributed by atoms with E-state index in [-0.39, 0.29) is 17.9 Å². The van der Waals surface area contributed by atoms with Gasteiger partial charge in [-0.15, -0.1) is 0 Å². The maximum atomic E-state index is 14.2. The third kappa shape index (κ3) is 3.38. The fourth-order valence-corrected chi connectivity index (χ4v) is 1.89. The minimum Gasteiger partial charge on any atom is -0.444 e. The predicted molar refractivity (Wildman–Crippen MR) is 75.4 cm³/mol. The van der Waals surface area contributed by atoms with Gasteiger partial charge in [0.1, 0.15) is 11.6 Å². The summed E-state index contributed by atoms with van der Waals surface area (Å²) in [5.74, 6) is 0.554. The second-order valence-electron chi connectivity index (χ2n) is 4.62. The summed E-state index contributed by atoms with van der Waals surface area (Å²) >= 11 is 0. The zero-order valence-electron chi connectivity index (χ0n) is 11.9. The molecule has 2 aromatic rings. The average molecular weight is 292 g/mol. The van der Waals surface area contributed by atoms with Gasteiger partial charge in [-0.3, -0.25) is 0 Å². The van der Waals surface area contributed by atoms with Crippen molar-refractivity contribution < 1.29 is 14.0 Å². The molecule has 4 N–H and O–H groups in total. The van der Waals surface area contributed by atoms with E-state index in [9.17, 15) is 4.39 Å². The highest BCUT2D eigenvalue weighted by Crippen LogP contribution is 2.13. The zero-order valence-corrected chi connectivity index (χ0v) is 11.9. The highest BCUT2D eigenvalue weighted by molar-refractivity contribution is 5.97. The van der Waals surface area contributed by atoms with E-state index < -0.39 is 5.82 Å². The molecule has 0 saturated heterocycles. The Morgan fingerprint density at radius 1 is 1.43 bits per heavy atom. The van der Waals surface area contributed by atoms with Gasteiger partial charge in [-0.25, -0.2) is 9.37 Å². The first-order chi connectivity index (χ1) is 10.0. The molecule has 21 heavy (non-hydrogen) atoms. The van der Waals surface area contributed by atoms with Crippen molar-refractivity contribution in [2.45, 2.75) is 26.9 Å². The summed E-state index contributed by atoms with van der Waals surface area (Å²) in [6, 6.07) is 4.73. The Balaban J connectivity index is 2.03. The van der Waals surface area contributed by atoms with Crippen molar-refractivity contribution in [1.29, 1.82) is 0 Å². The molecule has 2 rings (SSSR count). The van der Waals surface area contributed by atoms with Gasteiger partial charge in [0, 0.05) is 12.1 Å². The lowest BCUT2D eigenvalue weighted by Gasteiger charge is -2.07. The number of hydrogen-bond donors (Lipinski definition) is 3. The number of halogens is 1. The fourth-order valence-electron chi connectivity index (χ4n) is 1.89. The summed E-state index contributed by atoms with van der Waals surface area (Å²) < 4.78 is 19.6. The minimum absolute atomic E-state index is 0.0691. The summed E-state index contributed by atoms with van der Waals surface area (Å²) in [6.07, 6.45) is 0. The Hall–Kier alpha value is -2.41. The lowest BCUT2D eigenvalue weighted by atomic mass is 10.1. The van der Waals surface area contributed by atoms with Gasteiger partial charge in [-0.2, -0.15) is 0 Å². The van der Waals surface area contributed by atoms with Crippen LogP contribution in [0.2, 0.25) is 0 Å². The lowest BCUT2D eigenvalue weighted by Crippen LogP contribution is -2.18. The largest absolute Gasteiger partial charge is 0.444 e. The van der Waals surface area contributed by atoms with Gasteiger partial charge in [0.05, 0.1) is 17.8 Å². The Bertz CT molecular complexity index is 647. The fraction of sp³-hybridized carbons (Fsp3) is 0.286. The molecule has 1 aromatic heterocycles. The number of nitrogens with zero attached hydrogens (tertiary/aromatic N) is 2. The Morgan fingerprint density at radius 2 is 2.19 bits per heavy atom. The van der Waals surface area contributed by atoms with Crippen LogP contribution in [-0.2, 0) is 13.1 Å². The van der Waals surface area contributed by atoms with Crippen molar-refractivity contribution in [3.8, 4) is 0 Å². The van der Waals surface area contributed by atoms with E-state index in [0.717, 1.165) is 11.5 Å². The third-order valence-electron chi connectivity index (χ3n) is 3.13. The quantitative estimate of drug-likeness (QED) is 0.338. The minimum atomic E-state index is -0.514. The molecule has 0 bridgehead atoms. The van der Waals surface area contributed by atoms with Crippen molar-refractivity contribution in [2.75, 3.05) is 0 Å². The topological polar surface area (TPSA) is 96.7 Å². The second-order valence-corrected chi connectivity index (χ2v) is 4.62. The van der Waals surface area contributed by atoms with E-state index in [0.29, 0.717) is 18.0 Å². The highest BCUT2D eigenvalue weighted by Gasteiger charge is 2.11. The van der Waals surface area contributed by atoms with Crippen molar-refractivity contribution in [3.05, 3.63) is 52.5 Å². The van der Waals surface area contributed by atoms with Crippen LogP contribution in [0.4, 0.5) is 4.39 Å². The van der Waals surface area contributed by atoms with Crippen LogP contribution in [0.15, 0.2) is 27.8 Å². The molecule has 6 nitrogen and oxygen atoms in total. The Morgan fingerprint density at radius 3 is 2.81 bits per heavy atom. The number of nitrogens with one attached hydrogen (secondary N) is 1. The second kappa shape index (κ2) is 6.36. The first-order valence-corrected chi connectivity index (χ1v) is 6.41. The van der Waals surface area contributed by atoms with Gasteiger partial charge < -0.3 is 20.7 Å². The molecular weight excluding hydrogens is 275 g/mol. The van der Waals surface area contributed by atoms with Gasteiger partial charge >= 0.3 is 0 Å². The molecule has 0 amide bonds. The molecule has 112 valence electrons. The molecule has 1 aromatic carbocycles. The van der Waals surface area contributed by atoms with Gasteiger partial charge in [0.2, 0.25) is 5.89 Å². The molecule has 0 aliphatic heterocycles. The number of amidine groups is 1. The first kappa shape index (κ1) is 15.0. The molecule has 0 aliphatic rings. The van der Waals surface area contributed by atoms with Crippen molar-refractivity contribution in [2.24, 2.45) is 10.9 Å². The first-order valence-electron chi connectivity index (χ1n) is 6.41. The maximum absolute atomic E-state index is 14.2. The van der Waals surface area contributed by atoms with Crippen LogP contribution in [0, 0.1) is 19.7 Å². The molecular formula is C14H17FN4O2. The summed E-state index contributed by atoms with van der Waals surface area (Å²) in [5, 5.41) is 14.5. The van der Waals surface area contributed by atoms with Crippen LogP contribution in [-0.4, -0.2) is 16.0 Å². The van der Waals surface area contributed by atoms with Crippen molar-refractivity contribution >= 4 is 5.84 Å². The van der Waals surface area contributed by atoms with E-state index in [4.69, 9.17) is 15.4 Å². The Kier molecular flexibility index (Phi) is 4.54. The van der Waals surface area contributed by atoms with Gasteiger partial charge in [-0.1, -0.05) is 17.3 Å². The zero-order chi connectivity index (χ0) is 15.4.